The summed E-state index contributed by atoms with van der Waals surface area (Å²) in [5.41, 5.74) is 1.59. The van der Waals surface area contributed by atoms with E-state index in [-0.39, 0.29) is 34.7 Å². The van der Waals surface area contributed by atoms with Gasteiger partial charge in [-0.25, -0.2) is 0 Å². The van der Waals surface area contributed by atoms with Crippen LogP contribution in [0.1, 0.15) is 11.1 Å². The summed E-state index contributed by atoms with van der Waals surface area (Å²) in [4.78, 5) is 25.5. The van der Waals surface area contributed by atoms with Gasteiger partial charge in [0, 0.05) is 22.5 Å². The van der Waals surface area contributed by atoms with Gasteiger partial charge in [0.05, 0.1) is 13.2 Å². The number of rotatable bonds is 6. The topological polar surface area (TPSA) is 98.7 Å². The molecule has 2 aromatic carbocycles. The number of hydrogen-bond donors (Lipinski definition) is 4. The number of nitrogens with one attached hydrogen (secondary N) is 2. The maximum Gasteiger partial charge on any atom is 0.224 e. The summed E-state index contributed by atoms with van der Waals surface area (Å²) in [5.74, 6) is -1.33. The molecule has 0 atom stereocenters. The molecule has 8 heteroatoms. The molecule has 28 heavy (non-hydrogen) atoms. The van der Waals surface area contributed by atoms with Gasteiger partial charge in [-0.15, -0.1) is 0 Å². The molecule has 0 aliphatic heterocycles. The lowest BCUT2D eigenvalue weighted by Crippen LogP contribution is -2.27. The van der Waals surface area contributed by atoms with Crippen molar-refractivity contribution in [3.05, 3.63) is 81.1 Å². The van der Waals surface area contributed by atoms with Crippen molar-refractivity contribution in [3.63, 3.8) is 0 Å². The Morgan fingerprint density at radius 2 is 1.04 bits per heavy atom. The SMILES string of the molecule is O=C1C(Cl)=C(Nc2ccccc2CO)C(=O)C(Cl)=C1Nc1ccccc1CO. The Kier molecular flexibility index (Phi) is 6.16. The van der Waals surface area contributed by atoms with Crippen molar-refractivity contribution in [1.29, 1.82) is 0 Å². The van der Waals surface area contributed by atoms with Gasteiger partial charge in [0.2, 0.25) is 11.6 Å². The highest BCUT2D eigenvalue weighted by atomic mass is 35.5. The number of allylic oxidation sites excluding steroid dienone is 2. The molecule has 0 saturated heterocycles. The summed E-state index contributed by atoms with van der Waals surface area (Å²) in [6, 6.07) is 13.5. The molecule has 0 bridgehead atoms. The quantitative estimate of drug-likeness (QED) is 0.537. The minimum absolute atomic E-state index is 0.168. The largest absolute Gasteiger partial charge is 0.392 e. The standard InChI is InChI=1S/C20H16Cl2N2O4/c21-15-17(23-13-7-3-1-5-11(13)9-25)19(27)16(22)18(20(15)28)24-14-8-4-2-6-12(14)10-26/h1-8,23-26H,9-10H2. The molecule has 3 rings (SSSR count). The van der Waals surface area contributed by atoms with E-state index in [1.54, 1.807) is 48.5 Å². The zero-order valence-corrected chi connectivity index (χ0v) is 16.0. The van der Waals surface area contributed by atoms with Crippen LogP contribution in [0.3, 0.4) is 0 Å². The summed E-state index contributed by atoms with van der Waals surface area (Å²) in [6.45, 7) is -0.519. The predicted molar refractivity (Wildman–Crippen MR) is 108 cm³/mol. The summed E-state index contributed by atoms with van der Waals surface area (Å²) in [6.07, 6.45) is 0. The van der Waals surface area contributed by atoms with Gasteiger partial charge in [-0.1, -0.05) is 59.6 Å². The van der Waals surface area contributed by atoms with Crippen LogP contribution in [0, 0.1) is 0 Å². The summed E-state index contributed by atoms with van der Waals surface area (Å²) in [7, 11) is 0. The fourth-order valence-electron chi connectivity index (χ4n) is 2.70. The summed E-state index contributed by atoms with van der Waals surface area (Å²) >= 11 is 12.4. The van der Waals surface area contributed by atoms with Crippen molar-refractivity contribution in [3.8, 4) is 0 Å². The van der Waals surface area contributed by atoms with E-state index in [4.69, 9.17) is 23.2 Å². The fourth-order valence-corrected chi connectivity index (χ4v) is 3.15. The van der Waals surface area contributed by atoms with Crippen molar-refractivity contribution in [1.82, 2.24) is 0 Å². The maximum absolute atomic E-state index is 12.7. The molecule has 1 aliphatic carbocycles. The molecule has 1 aliphatic rings. The first-order valence-electron chi connectivity index (χ1n) is 8.28. The zero-order valence-electron chi connectivity index (χ0n) is 14.5. The van der Waals surface area contributed by atoms with Crippen molar-refractivity contribution in [2.24, 2.45) is 0 Å². The van der Waals surface area contributed by atoms with Crippen molar-refractivity contribution >= 4 is 46.1 Å². The highest BCUT2D eigenvalue weighted by Crippen LogP contribution is 2.32. The summed E-state index contributed by atoms with van der Waals surface area (Å²) in [5, 5.41) is 23.8. The average Bonchev–Trinajstić information content (AvgIpc) is 2.73. The van der Waals surface area contributed by atoms with Crippen LogP contribution in [0.15, 0.2) is 70.0 Å². The molecule has 0 saturated carbocycles. The smallest absolute Gasteiger partial charge is 0.224 e. The molecule has 0 spiro atoms. The Morgan fingerprint density at radius 1 is 0.679 bits per heavy atom. The number of ketones is 2. The summed E-state index contributed by atoms with van der Waals surface area (Å²) < 4.78 is 0. The third-order valence-electron chi connectivity index (χ3n) is 4.19. The van der Waals surface area contributed by atoms with E-state index in [0.717, 1.165) is 0 Å². The van der Waals surface area contributed by atoms with Gasteiger partial charge in [-0.05, 0) is 12.1 Å². The van der Waals surface area contributed by atoms with Crippen LogP contribution in [0.25, 0.3) is 0 Å². The van der Waals surface area contributed by atoms with Gasteiger partial charge < -0.3 is 20.8 Å². The first-order chi connectivity index (χ1) is 13.5. The van der Waals surface area contributed by atoms with Crippen LogP contribution in [0.5, 0.6) is 0 Å². The Hall–Kier alpha value is -2.64. The average molecular weight is 419 g/mol. The monoisotopic (exact) mass is 418 g/mol. The molecular formula is C20H16Cl2N2O4. The molecule has 6 nitrogen and oxygen atoms in total. The number of aliphatic hydroxyl groups is 2. The fraction of sp³-hybridized carbons (Fsp3) is 0.100. The first-order valence-corrected chi connectivity index (χ1v) is 9.04. The molecular weight excluding hydrogens is 403 g/mol. The van der Waals surface area contributed by atoms with E-state index in [2.05, 4.69) is 10.6 Å². The molecule has 0 unspecified atom stereocenters. The minimum atomic E-state index is -0.664. The third-order valence-corrected chi connectivity index (χ3v) is 4.91. The predicted octanol–water partition coefficient (Wildman–Crippen LogP) is 3.25. The number of carbonyl (C=O) groups is 2. The number of Topliss-reactive ketones (excluding diaryl/α,β-unsaturated/α-hetero) is 2. The van der Waals surface area contributed by atoms with E-state index in [0.29, 0.717) is 22.5 Å². The second kappa shape index (κ2) is 8.58. The molecule has 0 aromatic heterocycles. The highest BCUT2D eigenvalue weighted by molar-refractivity contribution is 6.56. The lowest BCUT2D eigenvalue weighted by atomic mass is 10.0. The molecule has 144 valence electrons. The van der Waals surface area contributed by atoms with Crippen LogP contribution in [0.2, 0.25) is 0 Å². The van der Waals surface area contributed by atoms with Gasteiger partial charge >= 0.3 is 0 Å². The van der Waals surface area contributed by atoms with E-state index in [9.17, 15) is 19.8 Å². The maximum atomic E-state index is 12.7. The Balaban J connectivity index is 1.94. The minimum Gasteiger partial charge on any atom is -0.392 e. The van der Waals surface area contributed by atoms with Gasteiger partial charge in [0.1, 0.15) is 21.5 Å². The molecule has 0 radical (unpaired) electrons. The van der Waals surface area contributed by atoms with E-state index >= 15 is 0 Å². The van der Waals surface area contributed by atoms with Crippen molar-refractivity contribution < 1.29 is 19.8 Å². The molecule has 0 fully saturated rings. The van der Waals surface area contributed by atoms with Crippen LogP contribution in [-0.2, 0) is 22.8 Å². The van der Waals surface area contributed by atoms with Crippen LogP contribution in [0.4, 0.5) is 11.4 Å². The van der Waals surface area contributed by atoms with Crippen LogP contribution in [-0.4, -0.2) is 21.8 Å². The van der Waals surface area contributed by atoms with Crippen LogP contribution >= 0.6 is 23.2 Å². The Morgan fingerprint density at radius 3 is 1.39 bits per heavy atom. The van der Waals surface area contributed by atoms with E-state index < -0.39 is 11.6 Å². The number of para-hydroxylation sites is 2. The van der Waals surface area contributed by atoms with Gasteiger partial charge in [-0.3, -0.25) is 9.59 Å². The zero-order chi connectivity index (χ0) is 20.3. The highest BCUT2D eigenvalue weighted by Gasteiger charge is 2.34. The number of aliphatic hydroxyl groups excluding tert-OH is 2. The number of benzene rings is 2. The molecule has 2 aromatic rings. The molecule has 0 heterocycles. The van der Waals surface area contributed by atoms with E-state index in [1.807, 2.05) is 0 Å². The van der Waals surface area contributed by atoms with Crippen molar-refractivity contribution in [2.75, 3.05) is 10.6 Å². The Labute approximate surface area is 171 Å². The van der Waals surface area contributed by atoms with Gasteiger partial charge in [0.15, 0.2) is 0 Å². The number of hydrogen-bond acceptors (Lipinski definition) is 6. The number of carbonyl (C=O) groups excluding carboxylic acids is 2. The lowest BCUT2D eigenvalue weighted by molar-refractivity contribution is -0.115. The number of anilines is 2. The normalized spacial score (nSPS) is 14.6. The third kappa shape index (κ3) is 3.81. The van der Waals surface area contributed by atoms with Gasteiger partial charge in [0.25, 0.3) is 0 Å². The second-order valence-corrected chi connectivity index (χ2v) is 6.67. The first kappa shape index (κ1) is 20.1. The Bertz CT molecular complexity index is 933. The molecule has 0 amide bonds. The van der Waals surface area contributed by atoms with E-state index in [1.165, 1.54) is 0 Å². The second-order valence-electron chi connectivity index (χ2n) is 5.92. The van der Waals surface area contributed by atoms with Crippen molar-refractivity contribution in [2.45, 2.75) is 13.2 Å². The lowest BCUT2D eigenvalue weighted by Gasteiger charge is -2.21. The van der Waals surface area contributed by atoms with Gasteiger partial charge in [-0.2, -0.15) is 0 Å². The van der Waals surface area contributed by atoms with Crippen LogP contribution < -0.4 is 10.6 Å². The number of halogens is 2. The molecule has 4 N–H and O–H groups in total.